The van der Waals surface area contributed by atoms with E-state index in [0.717, 1.165) is 12.8 Å². The summed E-state index contributed by atoms with van der Waals surface area (Å²) in [5, 5.41) is 1.28. The summed E-state index contributed by atoms with van der Waals surface area (Å²) >= 11 is 0. The number of fused-ring (bicyclic) bond motifs is 2. The Bertz CT molecular complexity index is 614. The maximum absolute atomic E-state index is 5.78. The van der Waals surface area contributed by atoms with Gasteiger partial charge in [-0.15, -0.1) is 0 Å². The lowest BCUT2D eigenvalue weighted by atomic mass is 10.1. The Balaban J connectivity index is 0.000000117. The molecule has 4 rings (SSSR count). The third kappa shape index (κ3) is 2.69. The molecule has 3 aromatic rings. The van der Waals surface area contributed by atoms with Gasteiger partial charge in [0, 0.05) is 17.8 Å². The van der Waals surface area contributed by atoms with Crippen molar-refractivity contribution < 1.29 is 0 Å². The van der Waals surface area contributed by atoms with Crippen LogP contribution in [0.25, 0.3) is 10.9 Å². The first-order valence-electron chi connectivity index (χ1n) is 6.67. The molecule has 0 aliphatic heterocycles. The molecule has 0 atom stereocenters. The molecule has 0 saturated carbocycles. The minimum absolute atomic E-state index is 0.373. The number of nitrogens with one attached hydrogen (secondary N) is 1. The summed E-state index contributed by atoms with van der Waals surface area (Å²) < 4.78 is 0. The van der Waals surface area contributed by atoms with Gasteiger partial charge < -0.3 is 10.7 Å². The summed E-state index contributed by atoms with van der Waals surface area (Å²) in [5.41, 5.74) is 9.87. The number of hydrogen-bond donors (Lipinski definition) is 2. The summed E-state index contributed by atoms with van der Waals surface area (Å²) in [6.45, 7) is 0. The summed E-state index contributed by atoms with van der Waals surface area (Å²) in [5.74, 6) is 0. The Labute approximate surface area is 113 Å². The Morgan fingerprint density at radius 2 is 1.47 bits per heavy atom. The van der Waals surface area contributed by atoms with Crippen LogP contribution in [0.15, 0.2) is 60.8 Å². The van der Waals surface area contributed by atoms with Crippen LogP contribution in [0.3, 0.4) is 0 Å². The molecule has 0 spiro atoms. The molecule has 1 aliphatic carbocycles. The molecule has 0 fully saturated rings. The van der Waals surface area contributed by atoms with Crippen molar-refractivity contribution in [2.45, 2.75) is 18.9 Å². The molecule has 0 radical (unpaired) electrons. The first-order chi connectivity index (χ1) is 9.33. The smallest absolute Gasteiger partial charge is 0.0453 e. The van der Waals surface area contributed by atoms with Crippen molar-refractivity contribution in [1.82, 2.24) is 4.98 Å². The van der Waals surface area contributed by atoms with Gasteiger partial charge >= 0.3 is 0 Å². The molecule has 96 valence electrons. The van der Waals surface area contributed by atoms with Crippen molar-refractivity contribution in [2.24, 2.45) is 5.73 Å². The molecule has 0 amide bonds. The highest BCUT2D eigenvalue weighted by Crippen LogP contribution is 2.19. The average molecular weight is 250 g/mol. The van der Waals surface area contributed by atoms with Crippen molar-refractivity contribution in [3.63, 3.8) is 0 Å². The number of aromatic nitrogens is 1. The Morgan fingerprint density at radius 1 is 0.842 bits per heavy atom. The van der Waals surface area contributed by atoms with Crippen molar-refractivity contribution in [3.8, 4) is 0 Å². The van der Waals surface area contributed by atoms with E-state index in [1.54, 1.807) is 0 Å². The largest absolute Gasteiger partial charge is 0.361 e. The second kappa shape index (κ2) is 5.29. The molecule has 3 N–H and O–H groups in total. The van der Waals surface area contributed by atoms with Crippen molar-refractivity contribution in [3.05, 3.63) is 71.9 Å². The molecule has 2 nitrogen and oxygen atoms in total. The quantitative estimate of drug-likeness (QED) is 0.631. The van der Waals surface area contributed by atoms with Gasteiger partial charge in [0.2, 0.25) is 0 Å². The van der Waals surface area contributed by atoms with E-state index >= 15 is 0 Å². The first kappa shape index (κ1) is 12.0. The number of benzene rings is 2. The number of para-hydroxylation sites is 1. The topological polar surface area (TPSA) is 41.8 Å². The van der Waals surface area contributed by atoms with Gasteiger partial charge in [0.15, 0.2) is 0 Å². The van der Waals surface area contributed by atoms with E-state index in [4.69, 9.17) is 5.73 Å². The summed E-state index contributed by atoms with van der Waals surface area (Å²) in [6.07, 6.45) is 4.08. The lowest BCUT2D eigenvalue weighted by Crippen LogP contribution is -2.18. The molecule has 0 saturated heterocycles. The van der Waals surface area contributed by atoms with E-state index in [-0.39, 0.29) is 0 Å². The standard InChI is InChI=1S/C9H11N.C8H7N/c10-9-5-7-3-1-2-4-8(7)6-9;1-2-4-8-7(3-1)5-6-9-8/h1-4,9H,5-6,10H2;1-6,9H. The van der Waals surface area contributed by atoms with E-state index in [1.807, 2.05) is 18.3 Å². The van der Waals surface area contributed by atoms with Gasteiger partial charge in [-0.05, 0) is 41.5 Å². The molecule has 2 heteroatoms. The molecule has 2 aromatic carbocycles. The van der Waals surface area contributed by atoms with Crippen LogP contribution in [-0.4, -0.2) is 11.0 Å². The second-order valence-corrected chi connectivity index (χ2v) is 5.00. The highest BCUT2D eigenvalue weighted by atomic mass is 14.7. The maximum Gasteiger partial charge on any atom is 0.0453 e. The Hall–Kier alpha value is -2.06. The Morgan fingerprint density at radius 3 is 2.16 bits per heavy atom. The molecule has 1 aromatic heterocycles. The van der Waals surface area contributed by atoms with Crippen LogP contribution in [-0.2, 0) is 12.8 Å². The van der Waals surface area contributed by atoms with E-state index in [9.17, 15) is 0 Å². The lowest BCUT2D eigenvalue weighted by Gasteiger charge is -1.94. The van der Waals surface area contributed by atoms with Gasteiger partial charge in [-0.3, -0.25) is 0 Å². The molecule has 1 heterocycles. The molecular weight excluding hydrogens is 232 g/mol. The van der Waals surface area contributed by atoms with Gasteiger partial charge in [0.05, 0.1) is 0 Å². The van der Waals surface area contributed by atoms with Gasteiger partial charge in [-0.25, -0.2) is 0 Å². The minimum atomic E-state index is 0.373. The fourth-order valence-corrected chi connectivity index (χ4v) is 2.59. The first-order valence-corrected chi connectivity index (χ1v) is 6.67. The average Bonchev–Trinajstić information content (AvgIpc) is 3.03. The molecule has 19 heavy (non-hydrogen) atoms. The van der Waals surface area contributed by atoms with E-state index in [2.05, 4.69) is 47.4 Å². The second-order valence-electron chi connectivity index (χ2n) is 5.00. The van der Waals surface area contributed by atoms with Crippen LogP contribution >= 0.6 is 0 Å². The summed E-state index contributed by atoms with van der Waals surface area (Å²) in [4.78, 5) is 3.12. The molecule has 1 aliphatic rings. The fourth-order valence-electron chi connectivity index (χ4n) is 2.59. The van der Waals surface area contributed by atoms with E-state index in [1.165, 1.54) is 22.0 Å². The van der Waals surface area contributed by atoms with E-state index < -0.39 is 0 Å². The van der Waals surface area contributed by atoms with Crippen LogP contribution in [0.2, 0.25) is 0 Å². The zero-order valence-electron chi connectivity index (χ0n) is 10.8. The van der Waals surface area contributed by atoms with Gasteiger partial charge in [0.1, 0.15) is 0 Å². The van der Waals surface area contributed by atoms with Crippen LogP contribution in [0.4, 0.5) is 0 Å². The van der Waals surface area contributed by atoms with Crippen LogP contribution in [0, 0.1) is 0 Å². The number of H-pyrrole nitrogens is 1. The third-order valence-corrected chi connectivity index (χ3v) is 3.55. The van der Waals surface area contributed by atoms with Gasteiger partial charge in [-0.2, -0.15) is 0 Å². The van der Waals surface area contributed by atoms with Crippen LogP contribution in [0.5, 0.6) is 0 Å². The predicted octanol–water partition coefficient (Wildman–Crippen LogP) is 3.28. The monoisotopic (exact) mass is 250 g/mol. The Kier molecular flexibility index (Phi) is 3.34. The highest BCUT2D eigenvalue weighted by molar-refractivity contribution is 5.78. The third-order valence-electron chi connectivity index (χ3n) is 3.55. The number of hydrogen-bond acceptors (Lipinski definition) is 1. The minimum Gasteiger partial charge on any atom is -0.361 e. The normalized spacial score (nSPS) is 13.9. The van der Waals surface area contributed by atoms with Crippen molar-refractivity contribution in [2.75, 3.05) is 0 Å². The number of aromatic amines is 1. The summed E-state index contributed by atoms with van der Waals surface area (Å²) in [6, 6.07) is 19.2. The molecular formula is C17H18N2. The van der Waals surface area contributed by atoms with Crippen molar-refractivity contribution in [1.29, 1.82) is 0 Å². The van der Waals surface area contributed by atoms with Gasteiger partial charge in [-0.1, -0.05) is 42.5 Å². The maximum atomic E-state index is 5.78. The lowest BCUT2D eigenvalue weighted by molar-refractivity contribution is 0.721. The highest BCUT2D eigenvalue weighted by Gasteiger charge is 2.16. The zero-order chi connectivity index (χ0) is 13.1. The fraction of sp³-hybridized carbons (Fsp3) is 0.176. The van der Waals surface area contributed by atoms with Crippen LogP contribution in [0.1, 0.15) is 11.1 Å². The van der Waals surface area contributed by atoms with Crippen LogP contribution < -0.4 is 5.73 Å². The zero-order valence-corrected chi connectivity index (χ0v) is 10.8. The number of rotatable bonds is 0. The van der Waals surface area contributed by atoms with E-state index in [0.29, 0.717) is 6.04 Å². The molecule has 0 unspecified atom stereocenters. The summed E-state index contributed by atoms with van der Waals surface area (Å²) in [7, 11) is 0. The predicted molar refractivity (Wildman–Crippen MR) is 80.1 cm³/mol. The molecule has 0 bridgehead atoms. The van der Waals surface area contributed by atoms with Crippen molar-refractivity contribution >= 4 is 10.9 Å². The van der Waals surface area contributed by atoms with Gasteiger partial charge in [0.25, 0.3) is 0 Å². The number of nitrogens with two attached hydrogens (primary N) is 1. The SMILES string of the molecule is NC1Cc2ccccc2C1.c1ccc2[nH]ccc2c1.